The maximum Gasteiger partial charge on any atom is 0.142 e. The smallest absolute Gasteiger partial charge is 0.142 e. The quantitative estimate of drug-likeness (QED) is 0.692. The number of methoxy groups -OCH3 is 1. The van der Waals surface area contributed by atoms with Crippen LogP contribution < -0.4 is 15.8 Å². The Labute approximate surface area is 122 Å². The third-order valence-electron chi connectivity index (χ3n) is 2.94. The van der Waals surface area contributed by atoms with Crippen LogP contribution >= 0.6 is 0 Å². The molecule has 0 aliphatic heterocycles. The Balaban J connectivity index is 2.67. The molecule has 0 spiro atoms. The molecule has 0 heterocycles. The van der Waals surface area contributed by atoms with Crippen molar-refractivity contribution in [3.8, 4) is 5.75 Å². The zero-order valence-electron chi connectivity index (χ0n) is 12.9. The van der Waals surface area contributed by atoms with Crippen LogP contribution in [0.5, 0.6) is 5.75 Å². The lowest BCUT2D eigenvalue weighted by atomic mass is 10.1. The van der Waals surface area contributed by atoms with E-state index in [1.165, 1.54) is 0 Å². The summed E-state index contributed by atoms with van der Waals surface area (Å²) in [6.07, 6.45) is 1.97. The highest BCUT2D eigenvalue weighted by molar-refractivity contribution is 5.56. The maximum absolute atomic E-state index is 5.85. The van der Waals surface area contributed by atoms with Gasteiger partial charge in [-0.15, -0.1) is 0 Å². The SMILES string of the molecule is COCC(CCCN)Nc1ccccc1OCC(C)C. The molecule has 0 aromatic heterocycles. The second-order valence-corrected chi connectivity index (χ2v) is 5.43. The fourth-order valence-corrected chi connectivity index (χ4v) is 1.95. The Bertz CT molecular complexity index is 369. The molecule has 1 aromatic carbocycles. The van der Waals surface area contributed by atoms with Gasteiger partial charge in [-0.2, -0.15) is 0 Å². The van der Waals surface area contributed by atoms with Crippen molar-refractivity contribution in [1.29, 1.82) is 0 Å². The molecule has 1 atom stereocenters. The Kier molecular flexibility index (Phi) is 8.07. The van der Waals surface area contributed by atoms with E-state index in [4.69, 9.17) is 15.2 Å². The summed E-state index contributed by atoms with van der Waals surface area (Å²) >= 11 is 0. The molecule has 20 heavy (non-hydrogen) atoms. The summed E-state index contributed by atoms with van der Waals surface area (Å²) in [7, 11) is 1.72. The van der Waals surface area contributed by atoms with E-state index in [0.29, 0.717) is 19.1 Å². The summed E-state index contributed by atoms with van der Waals surface area (Å²) in [6.45, 7) is 6.37. The minimum Gasteiger partial charge on any atom is -0.491 e. The molecule has 0 radical (unpaired) electrons. The lowest BCUT2D eigenvalue weighted by molar-refractivity contribution is 0.182. The number of nitrogens with two attached hydrogens (primary N) is 1. The monoisotopic (exact) mass is 280 g/mol. The van der Waals surface area contributed by atoms with Crippen LogP contribution in [0, 0.1) is 5.92 Å². The van der Waals surface area contributed by atoms with Crippen molar-refractivity contribution in [3.05, 3.63) is 24.3 Å². The number of rotatable bonds is 10. The number of benzene rings is 1. The third kappa shape index (κ3) is 6.26. The Morgan fingerprint density at radius 3 is 2.60 bits per heavy atom. The summed E-state index contributed by atoms with van der Waals surface area (Å²) in [5.41, 5.74) is 6.60. The predicted octanol–water partition coefficient (Wildman–Crippen LogP) is 2.89. The third-order valence-corrected chi connectivity index (χ3v) is 2.94. The molecule has 0 saturated heterocycles. The van der Waals surface area contributed by atoms with Crippen molar-refractivity contribution in [1.82, 2.24) is 0 Å². The second-order valence-electron chi connectivity index (χ2n) is 5.43. The summed E-state index contributed by atoms with van der Waals surface area (Å²) in [5, 5.41) is 3.50. The van der Waals surface area contributed by atoms with Gasteiger partial charge >= 0.3 is 0 Å². The van der Waals surface area contributed by atoms with Gasteiger partial charge in [-0.25, -0.2) is 0 Å². The van der Waals surface area contributed by atoms with E-state index in [-0.39, 0.29) is 6.04 Å². The van der Waals surface area contributed by atoms with Crippen LogP contribution in [0.2, 0.25) is 0 Å². The number of ether oxygens (including phenoxy) is 2. The second kappa shape index (κ2) is 9.61. The molecular formula is C16H28N2O2. The lowest BCUT2D eigenvalue weighted by Gasteiger charge is -2.21. The number of hydrogen-bond acceptors (Lipinski definition) is 4. The minimum absolute atomic E-state index is 0.257. The summed E-state index contributed by atoms with van der Waals surface area (Å²) in [4.78, 5) is 0. The van der Waals surface area contributed by atoms with E-state index < -0.39 is 0 Å². The van der Waals surface area contributed by atoms with Crippen LogP contribution in [0.1, 0.15) is 26.7 Å². The summed E-state index contributed by atoms with van der Waals surface area (Å²) in [6, 6.07) is 8.30. The van der Waals surface area contributed by atoms with Gasteiger partial charge in [-0.05, 0) is 37.4 Å². The van der Waals surface area contributed by atoms with Crippen molar-refractivity contribution < 1.29 is 9.47 Å². The first-order valence-corrected chi connectivity index (χ1v) is 7.34. The van der Waals surface area contributed by atoms with Crippen molar-refractivity contribution in [2.45, 2.75) is 32.7 Å². The van der Waals surface area contributed by atoms with Crippen molar-refractivity contribution >= 4 is 5.69 Å². The van der Waals surface area contributed by atoms with Gasteiger partial charge in [0.05, 0.1) is 18.9 Å². The molecule has 0 aliphatic carbocycles. The highest BCUT2D eigenvalue weighted by atomic mass is 16.5. The standard InChI is InChI=1S/C16H28N2O2/c1-13(2)11-20-16-9-5-4-8-15(16)18-14(12-19-3)7-6-10-17/h4-5,8-9,13-14,18H,6-7,10-12,17H2,1-3H3. The molecule has 0 aliphatic rings. The van der Waals surface area contributed by atoms with Gasteiger partial charge in [-0.3, -0.25) is 0 Å². The minimum atomic E-state index is 0.257. The maximum atomic E-state index is 5.85. The highest BCUT2D eigenvalue weighted by Crippen LogP contribution is 2.25. The molecule has 0 bridgehead atoms. The van der Waals surface area contributed by atoms with Crippen LogP contribution in [0.3, 0.4) is 0 Å². The zero-order valence-corrected chi connectivity index (χ0v) is 12.9. The average molecular weight is 280 g/mol. The van der Waals surface area contributed by atoms with Gasteiger partial charge in [0.1, 0.15) is 5.75 Å². The van der Waals surface area contributed by atoms with Crippen molar-refractivity contribution in [2.75, 3.05) is 32.2 Å². The van der Waals surface area contributed by atoms with Crippen LogP contribution in [-0.2, 0) is 4.74 Å². The van der Waals surface area contributed by atoms with Gasteiger partial charge < -0.3 is 20.5 Å². The van der Waals surface area contributed by atoms with Crippen molar-refractivity contribution in [3.63, 3.8) is 0 Å². The van der Waals surface area contributed by atoms with E-state index in [1.807, 2.05) is 24.3 Å². The first-order chi connectivity index (χ1) is 9.67. The summed E-state index contributed by atoms with van der Waals surface area (Å²) in [5.74, 6) is 1.41. The van der Waals surface area contributed by atoms with Gasteiger partial charge in [0, 0.05) is 13.2 Å². The van der Waals surface area contributed by atoms with Gasteiger partial charge in [0.25, 0.3) is 0 Å². The van der Waals surface area contributed by atoms with Gasteiger partial charge in [0.2, 0.25) is 0 Å². The molecular weight excluding hydrogens is 252 g/mol. The fourth-order valence-electron chi connectivity index (χ4n) is 1.95. The van der Waals surface area contributed by atoms with Crippen LogP contribution in [-0.4, -0.2) is 32.9 Å². The highest BCUT2D eigenvalue weighted by Gasteiger charge is 2.11. The Hall–Kier alpha value is -1.26. The molecule has 0 saturated carbocycles. The van der Waals surface area contributed by atoms with Crippen molar-refractivity contribution in [2.24, 2.45) is 11.7 Å². The lowest BCUT2D eigenvalue weighted by Crippen LogP contribution is -2.26. The zero-order chi connectivity index (χ0) is 14.8. The molecule has 4 nitrogen and oxygen atoms in total. The van der Waals surface area contributed by atoms with E-state index in [1.54, 1.807) is 7.11 Å². The largest absolute Gasteiger partial charge is 0.491 e. The molecule has 114 valence electrons. The summed E-state index contributed by atoms with van der Waals surface area (Å²) < 4.78 is 11.1. The van der Waals surface area contributed by atoms with Crippen LogP contribution in [0.15, 0.2) is 24.3 Å². The molecule has 4 heteroatoms. The molecule has 3 N–H and O–H groups in total. The average Bonchev–Trinajstić information content (AvgIpc) is 2.44. The number of para-hydroxylation sites is 2. The van der Waals surface area contributed by atoms with E-state index in [9.17, 15) is 0 Å². The molecule has 0 amide bonds. The molecule has 0 fully saturated rings. The fraction of sp³-hybridized carbons (Fsp3) is 0.625. The van der Waals surface area contributed by atoms with Crippen LogP contribution in [0.4, 0.5) is 5.69 Å². The molecule has 1 rings (SSSR count). The number of hydrogen-bond donors (Lipinski definition) is 2. The van der Waals surface area contributed by atoms with Crippen LogP contribution in [0.25, 0.3) is 0 Å². The predicted molar refractivity (Wildman–Crippen MR) is 84.4 cm³/mol. The van der Waals surface area contributed by atoms with Gasteiger partial charge in [-0.1, -0.05) is 26.0 Å². The normalized spacial score (nSPS) is 12.4. The molecule has 1 unspecified atom stereocenters. The number of anilines is 1. The van der Waals surface area contributed by atoms with E-state index >= 15 is 0 Å². The molecule has 1 aromatic rings. The Morgan fingerprint density at radius 1 is 1.20 bits per heavy atom. The van der Waals surface area contributed by atoms with E-state index in [2.05, 4.69) is 19.2 Å². The van der Waals surface area contributed by atoms with Gasteiger partial charge in [0.15, 0.2) is 0 Å². The first kappa shape index (κ1) is 16.8. The number of nitrogens with one attached hydrogen (secondary N) is 1. The Morgan fingerprint density at radius 2 is 1.95 bits per heavy atom. The topological polar surface area (TPSA) is 56.5 Å². The first-order valence-electron chi connectivity index (χ1n) is 7.34. The van der Waals surface area contributed by atoms with E-state index in [0.717, 1.165) is 30.9 Å².